The number of hydrogen-bond acceptors (Lipinski definition) is 4. The molecule has 1 heterocycles. The molecule has 0 aromatic heterocycles. The highest BCUT2D eigenvalue weighted by molar-refractivity contribution is 5.71. The predicted molar refractivity (Wildman–Crippen MR) is 52.4 cm³/mol. The Bertz CT molecular complexity index is 259. The van der Waals surface area contributed by atoms with Crippen molar-refractivity contribution in [3.8, 4) is 0 Å². The van der Waals surface area contributed by atoms with Gasteiger partial charge in [-0.2, -0.15) is 0 Å². The van der Waals surface area contributed by atoms with Crippen molar-refractivity contribution in [1.29, 1.82) is 0 Å². The summed E-state index contributed by atoms with van der Waals surface area (Å²) in [6, 6.07) is 0. The molecular formula is C9H16N2O4. The van der Waals surface area contributed by atoms with Crippen molar-refractivity contribution in [2.24, 2.45) is 5.73 Å². The number of esters is 1. The average molecular weight is 216 g/mol. The molecular weight excluding hydrogens is 200 g/mol. The van der Waals surface area contributed by atoms with Crippen LogP contribution in [-0.2, 0) is 9.53 Å². The van der Waals surface area contributed by atoms with E-state index in [2.05, 4.69) is 4.74 Å². The first-order valence-electron chi connectivity index (χ1n) is 4.80. The monoisotopic (exact) mass is 216 g/mol. The Morgan fingerprint density at radius 2 is 2.00 bits per heavy atom. The number of hydrogen-bond donors (Lipinski definition) is 2. The van der Waals surface area contributed by atoms with Gasteiger partial charge in [0.1, 0.15) is 0 Å². The second kappa shape index (κ2) is 4.48. The lowest BCUT2D eigenvalue weighted by Crippen LogP contribution is -2.52. The van der Waals surface area contributed by atoms with Gasteiger partial charge in [0, 0.05) is 18.6 Å². The lowest BCUT2D eigenvalue weighted by atomic mass is 9.86. The third-order valence-corrected chi connectivity index (χ3v) is 2.75. The normalized spacial score (nSPS) is 19.7. The first kappa shape index (κ1) is 11.8. The van der Waals surface area contributed by atoms with Crippen molar-refractivity contribution in [3.05, 3.63) is 0 Å². The SMILES string of the molecule is COC(=O)CC1(N)CCN(C(=O)O)CC1. The first-order valence-corrected chi connectivity index (χ1v) is 4.80. The summed E-state index contributed by atoms with van der Waals surface area (Å²) >= 11 is 0. The maximum absolute atomic E-state index is 11.1. The summed E-state index contributed by atoms with van der Waals surface area (Å²) in [5, 5.41) is 8.73. The number of carbonyl (C=O) groups excluding carboxylic acids is 1. The van der Waals surface area contributed by atoms with Gasteiger partial charge < -0.3 is 20.5 Å². The van der Waals surface area contributed by atoms with E-state index in [-0.39, 0.29) is 12.4 Å². The van der Waals surface area contributed by atoms with Crippen molar-refractivity contribution in [3.63, 3.8) is 0 Å². The Hall–Kier alpha value is -1.30. The fourth-order valence-electron chi connectivity index (χ4n) is 1.68. The van der Waals surface area contributed by atoms with Crippen LogP contribution >= 0.6 is 0 Å². The van der Waals surface area contributed by atoms with Crippen LogP contribution < -0.4 is 5.73 Å². The highest BCUT2D eigenvalue weighted by Gasteiger charge is 2.34. The summed E-state index contributed by atoms with van der Waals surface area (Å²) in [6.45, 7) is 0.756. The van der Waals surface area contributed by atoms with Gasteiger partial charge in [0.05, 0.1) is 13.5 Å². The Labute approximate surface area is 88.0 Å². The molecule has 86 valence electrons. The third kappa shape index (κ3) is 3.09. The molecule has 6 heteroatoms. The molecule has 1 rings (SSSR count). The van der Waals surface area contributed by atoms with Crippen LogP contribution in [0.5, 0.6) is 0 Å². The zero-order valence-corrected chi connectivity index (χ0v) is 8.73. The molecule has 1 amide bonds. The third-order valence-electron chi connectivity index (χ3n) is 2.75. The van der Waals surface area contributed by atoms with Gasteiger partial charge in [-0.3, -0.25) is 4.79 Å². The summed E-state index contributed by atoms with van der Waals surface area (Å²) in [4.78, 5) is 23.0. The minimum atomic E-state index is -0.935. The second-order valence-corrected chi connectivity index (χ2v) is 3.88. The number of carboxylic acid groups (broad SMARTS) is 1. The van der Waals surface area contributed by atoms with E-state index >= 15 is 0 Å². The van der Waals surface area contributed by atoms with Gasteiger partial charge in [0.2, 0.25) is 0 Å². The Morgan fingerprint density at radius 3 is 2.40 bits per heavy atom. The molecule has 0 spiro atoms. The fraction of sp³-hybridized carbons (Fsp3) is 0.778. The van der Waals surface area contributed by atoms with Crippen molar-refractivity contribution in [2.75, 3.05) is 20.2 Å². The standard InChI is InChI=1S/C9H16N2O4/c1-15-7(12)6-9(10)2-4-11(5-3-9)8(13)14/h2-6,10H2,1H3,(H,13,14). The van der Waals surface area contributed by atoms with E-state index in [1.165, 1.54) is 12.0 Å². The Kier molecular flexibility index (Phi) is 3.52. The maximum Gasteiger partial charge on any atom is 0.407 e. The summed E-state index contributed by atoms with van der Waals surface area (Å²) < 4.78 is 4.54. The maximum atomic E-state index is 11.1. The van der Waals surface area contributed by atoms with Crippen LogP contribution in [0.25, 0.3) is 0 Å². The number of ether oxygens (including phenoxy) is 1. The molecule has 15 heavy (non-hydrogen) atoms. The summed E-state index contributed by atoms with van der Waals surface area (Å²) in [7, 11) is 1.32. The van der Waals surface area contributed by atoms with Crippen LogP contribution in [0.3, 0.4) is 0 Å². The van der Waals surface area contributed by atoms with Crippen LogP contribution in [0, 0.1) is 0 Å². The smallest absolute Gasteiger partial charge is 0.407 e. The van der Waals surface area contributed by atoms with E-state index in [9.17, 15) is 9.59 Å². The molecule has 1 saturated heterocycles. The molecule has 0 radical (unpaired) electrons. The molecule has 0 saturated carbocycles. The highest BCUT2D eigenvalue weighted by Crippen LogP contribution is 2.23. The molecule has 0 unspecified atom stereocenters. The zero-order chi connectivity index (χ0) is 11.5. The van der Waals surface area contributed by atoms with Gasteiger partial charge in [-0.05, 0) is 12.8 Å². The van der Waals surface area contributed by atoms with Crippen LogP contribution in [0.1, 0.15) is 19.3 Å². The summed E-state index contributed by atoms with van der Waals surface area (Å²) in [5.41, 5.74) is 5.37. The topological polar surface area (TPSA) is 92.9 Å². The quantitative estimate of drug-likeness (QED) is 0.635. The number of likely N-dealkylation sites (tertiary alicyclic amines) is 1. The van der Waals surface area contributed by atoms with Crippen LogP contribution in [-0.4, -0.2) is 47.8 Å². The van der Waals surface area contributed by atoms with E-state index in [1.807, 2.05) is 0 Å². The first-order chi connectivity index (χ1) is 6.97. The molecule has 0 bridgehead atoms. The second-order valence-electron chi connectivity index (χ2n) is 3.88. The van der Waals surface area contributed by atoms with Crippen molar-refractivity contribution in [1.82, 2.24) is 4.90 Å². The van der Waals surface area contributed by atoms with E-state index in [0.29, 0.717) is 25.9 Å². The number of piperidine rings is 1. The Balaban J connectivity index is 2.47. The van der Waals surface area contributed by atoms with Gasteiger partial charge in [0.25, 0.3) is 0 Å². The Morgan fingerprint density at radius 1 is 1.47 bits per heavy atom. The van der Waals surface area contributed by atoms with Crippen LogP contribution in [0.4, 0.5) is 4.79 Å². The van der Waals surface area contributed by atoms with Gasteiger partial charge in [-0.15, -0.1) is 0 Å². The number of rotatable bonds is 2. The lowest BCUT2D eigenvalue weighted by molar-refractivity contribution is -0.142. The average Bonchev–Trinajstić information content (AvgIpc) is 2.17. The number of nitrogens with zero attached hydrogens (tertiary/aromatic N) is 1. The summed E-state index contributed by atoms with van der Waals surface area (Å²) in [6.07, 6.45) is 0.204. The molecule has 1 aliphatic rings. The highest BCUT2D eigenvalue weighted by atomic mass is 16.5. The van der Waals surface area contributed by atoms with Crippen molar-refractivity contribution < 1.29 is 19.4 Å². The van der Waals surface area contributed by atoms with Gasteiger partial charge in [-0.25, -0.2) is 4.79 Å². The van der Waals surface area contributed by atoms with E-state index in [0.717, 1.165) is 0 Å². The van der Waals surface area contributed by atoms with Crippen molar-refractivity contribution in [2.45, 2.75) is 24.8 Å². The molecule has 3 N–H and O–H groups in total. The van der Waals surface area contributed by atoms with E-state index in [1.54, 1.807) is 0 Å². The number of methoxy groups -OCH3 is 1. The predicted octanol–water partition coefficient (Wildman–Crippen LogP) is 0.0208. The zero-order valence-electron chi connectivity index (χ0n) is 8.73. The molecule has 0 aromatic carbocycles. The van der Waals surface area contributed by atoms with Crippen LogP contribution in [0.2, 0.25) is 0 Å². The van der Waals surface area contributed by atoms with Crippen molar-refractivity contribution >= 4 is 12.1 Å². The van der Waals surface area contributed by atoms with Gasteiger partial charge in [-0.1, -0.05) is 0 Å². The van der Waals surface area contributed by atoms with E-state index < -0.39 is 11.6 Å². The molecule has 0 atom stereocenters. The number of nitrogens with two attached hydrogens (primary N) is 1. The molecule has 0 aliphatic carbocycles. The number of amides is 1. The molecule has 1 fully saturated rings. The lowest BCUT2D eigenvalue weighted by Gasteiger charge is -2.37. The van der Waals surface area contributed by atoms with E-state index in [4.69, 9.17) is 10.8 Å². The summed E-state index contributed by atoms with van der Waals surface area (Å²) in [5.74, 6) is -0.346. The van der Waals surface area contributed by atoms with Gasteiger partial charge >= 0.3 is 12.1 Å². The molecule has 6 nitrogen and oxygen atoms in total. The number of carbonyl (C=O) groups is 2. The fourth-order valence-corrected chi connectivity index (χ4v) is 1.68. The minimum absolute atomic E-state index is 0.150. The minimum Gasteiger partial charge on any atom is -0.469 e. The molecule has 1 aliphatic heterocycles. The van der Waals surface area contributed by atoms with Gasteiger partial charge in [0.15, 0.2) is 0 Å². The molecule has 0 aromatic rings. The largest absolute Gasteiger partial charge is 0.469 e. The van der Waals surface area contributed by atoms with Crippen LogP contribution in [0.15, 0.2) is 0 Å².